The van der Waals surface area contributed by atoms with Crippen LogP contribution in [0.3, 0.4) is 0 Å². The van der Waals surface area contributed by atoms with Crippen molar-refractivity contribution >= 4 is 42.5 Å². The molecule has 0 radical (unpaired) electrons. The lowest BCUT2D eigenvalue weighted by atomic mass is 10.1. The number of fused-ring (bicyclic) bond motifs is 1. The Morgan fingerprint density at radius 1 is 1.18 bits per heavy atom. The van der Waals surface area contributed by atoms with Gasteiger partial charge in [0.05, 0.1) is 10.3 Å². The Kier molecular flexibility index (Phi) is 4.04. The predicted molar refractivity (Wildman–Crippen MR) is 73.9 cm³/mol. The van der Waals surface area contributed by atoms with Gasteiger partial charge in [-0.3, -0.25) is 10.1 Å². The van der Waals surface area contributed by atoms with E-state index < -0.39 is 32.0 Å². The zero-order valence-electron chi connectivity index (χ0n) is 10.3. The number of halogens is 4. The molecule has 0 heterocycles. The molecule has 0 bridgehead atoms. The Hall–Kier alpha value is -1.88. The average Bonchev–Trinajstić information content (AvgIpc) is 2.35. The van der Waals surface area contributed by atoms with Gasteiger partial charge >= 0.3 is 21.3 Å². The molecule has 2 aromatic rings. The highest BCUT2D eigenvalue weighted by Crippen LogP contribution is 2.39. The molecule has 2 aromatic carbocycles. The van der Waals surface area contributed by atoms with Gasteiger partial charge in [0.2, 0.25) is 5.75 Å². The first-order valence-corrected chi connectivity index (χ1v) is 7.60. The van der Waals surface area contributed by atoms with Gasteiger partial charge in [-0.2, -0.15) is 21.6 Å². The van der Waals surface area contributed by atoms with Gasteiger partial charge in [-0.15, -0.1) is 0 Å². The molecule has 6 nitrogen and oxygen atoms in total. The first-order valence-electron chi connectivity index (χ1n) is 5.40. The number of rotatable bonds is 3. The molecule has 0 aliphatic rings. The lowest BCUT2D eigenvalue weighted by Crippen LogP contribution is -2.28. The van der Waals surface area contributed by atoms with Crippen molar-refractivity contribution in [3.63, 3.8) is 0 Å². The van der Waals surface area contributed by atoms with E-state index in [-0.39, 0.29) is 5.39 Å². The van der Waals surface area contributed by atoms with Gasteiger partial charge in [-0.05, 0) is 23.6 Å². The van der Waals surface area contributed by atoms with Crippen molar-refractivity contribution in [1.82, 2.24) is 0 Å². The molecule has 0 aromatic heterocycles. The van der Waals surface area contributed by atoms with Gasteiger partial charge in [-0.25, -0.2) is 0 Å². The quantitative estimate of drug-likeness (QED) is 0.339. The van der Waals surface area contributed by atoms with E-state index in [0.717, 1.165) is 6.07 Å². The monoisotopic (exact) mass is 399 g/mol. The van der Waals surface area contributed by atoms with Crippen LogP contribution in [0.5, 0.6) is 5.75 Å². The number of nitro groups is 1. The van der Waals surface area contributed by atoms with Crippen molar-refractivity contribution in [3.05, 3.63) is 44.9 Å². The Labute approximate surface area is 129 Å². The fourth-order valence-corrected chi connectivity index (χ4v) is 2.50. The zero-order chi connectivity index (χ0) is 16.7. The van der Waals surface area contributed by atoms with Crippen molar-refractivity contribution in [2.24, 2.45) is 0 Å². The second-order valence-corrected chi connectivity index (χ2v) is 6.47. The van der Waals surface area contributed by atoms with Crippen LogP contribution >= 0.6 is 15.9 Å². The van der Waals surface area contributed by atoms with Gasteiger partial charge in [-0.1, -0.05) is 28.1 Å². The van der Waals surface area contributed by atoms with Crippen LogP contribution in [0, 0.1) is 10.1 Å². The molecule has 0 spiro atoms. The Morgan fingerprint density at radius 2 is 1.77 bits per heavy atom. The molecule has 0 aliphatic carbocycles. The van der Waals surface area contributed by atoms with Crippen LogP contribution in [0.2, 0.25) is 0 Å². The minimum atomic E-state index is -6.00. The fraction of sp³-hybridized carbons (Fsp3) is 0.0909. The predicted octanol–water partition coefficient (Wildman–Crippen LogP) is 3.74. The first-order chi connectivity index (χ1) is 10.0. The largest absolute Gasteiger partial charge is 0.534 e. The summed E-state index contributed by atoms with van der Waals surface area (Å²) in [6, 6.07) is 6.35. The lowest BCUT2D eigenvalue weighted by molar-refractivity contribution is -0.383. The van der Waals surface area contributed by atoms with Crippen LogP contribution in [0.1, 0.15) is 0 Å². The maximum absolute atomic E-state index is 12.3. The van der Waals surface area contributed by atoms with Crippen LogP contribution in [-0.2, 0) is 10.1 Å². The molecule has 2 rings (SSSR count). The molecule has 0 atom stereocenters. The number of hydrogen-bond acceptors (Lipinski definition) is 5. The second-order valence-electron chi connectivity index (χ2n) is 4.02. The molecule has 0 saturated carbocycles. The summed E-state index contributed by atoms with van der Waals surface area (Å²) in [5.74, 6) is -1.01. The minimum Gasteiger partial charge on any atom is -0.369 e. The van der Waals surface area contributed by atoms with Crippen molar-refractivity contribution in [1.29, 1.82) is 0 Å². The van der Waals surface area contributed by atoms with Gasteiger partial charge in [0.1, 0.15) is 0 Å². The fourth-order valence-electron chi connectivity index (χ4n) is 1.68. The number of benzene rings is 2. The number of nitro benzene ring substituents is 1. The first kappa shape index (κ1) is 16.5. The van der Waals surface area contributed by atoms with E-state index in [0.29, 0.717) is 9.86 Å². The van der Waals surface area contributed by atoms with Gasteiger partial charge in [0.15, 0.2) is 0 Å². The van der Waals surface area contributed by atoms with Crippen molar-refractivity contribution in [2.45, 2.75) is 5.51 Å². The molecule has 0 saturated heterocycles. The minimum absolute atomic E-state index is 0.0609. The molecular formula is C11H5BrF3NO5S. The van der Waals surface area contributed by atoms with E-state index in [2.05, 4.69) is 20.1 Å². The van der Waals surface area contributed by atoms with Gasteiger partial charge in [0.25, 0.3) is 0 Å². The van der Waals surface area contributed by atoms with Gasteiger partial charge in [0, 0.05) is 4.47 Å². The van der Waals surface area contributed by atoms with Crippen LogP contribution in [0.4, 0.5) is 18.9 Å². The Balaban J connectivity index is 2.70. The summed E-state index contributed by atoms with van der Waals surface area (Å²) in [5, 5.41) is 11.4. The smallest absolute Gasteiger partial charge is 0.369 e. The van der Waals surface area contributed by atoms with E-state index in [1.165, 1.54) is 18.2 Å². The van der Waals surface area contributed by atoms with Crippen molar-refractivity contribution in [3.8, 4) is 5.75 Å². The standard InChI is InChI=1S/C11H5BrF3NO5S/c12-7-3-1-6-2-4-9(10(16(17)18)8(6)5-7)21-22(19,20)11(13,14)15/h1-5H. The highest BCUT2D eigenvalue weighted by atomic mass is 79.9. The lowest BCUT2D eigenvalue weighted by Gasteiger charge is -2.10. The summed E-state index contributed by atoms with van der Waals surface area (Å²) in [4.78, 5) is 10.1. The highest BCUT2D eigenvalue weighted by molar-refractivity contribution is 9.10. The second kappa shape index (κ2) is 5.39. The van der Waals surface area contributed by atoms with Crippen molar-refractivity contribution in [2.75, 3.05) is 0 Å². The third-order valence-electron chi connectivity index (χ3n) is 2.58. The van der Waals surface area contributed by atoms with Crippen LogP contribution in [0.15, 0.2) is 34.8 Å². The summed E-state index contributed by atoms with van der Waals surface area (Å²) in [7, 11) is -6.00. The molecule has 118 valence electrons. The van der Waals surface area contributed by atoms with E-state index in [1.54, 1.807) is 6.07 Å². The van der Waals surface area contributed by atoms with E-state index in [4.69, 9.17) is 0 Å². The SMILES string of the molecule is O=[N+]([O-])c1c(OS(=O)(=O)C(F)(F)F)ccc2ccc(Br)cc12. The van der Waals surface area contributed by atoms with E-state index in [1.807, 2.05) is 0 Å². The average molecular weight is 400 g/mol. The molecule has 0 fully saturated rings. The molecule has 0 aliphatic heterocycles. The summed E-state index contributed by atoms with van der Waals surface area (Å²) in [5.41, 5.74) is -6.56. The molecule has 0 unspecified atom stereocenters. The maximum Gasteiger partial charge on any atom is 0.534 e. The zero-order valence-corrected chi connectivity index (χ0v) is 12.7. The highest BCUT2D eigenvalue weighted by Gasteiger charge is 2.49. The summed E-state index contributed by atoms with van der Waals surface area (Å²) >= 11 is 3.07. The maximum atomic E-state index is 12.3. The number of nitrogens with zero attached hydrogens (tertiary/aromatic N) is 1. The third kappa shape index (κ3) is 2.99. The van der Waals surface area contributed by atoms with Crippen molar-refractivity contribution < 1.29 is 30.7 Å². The molecule has 11 heteroatoms. The summed E-state index contributed by atoms with van der Waals surface area (Å²) < 4.78 is 63.4. The molecule has 0 N–H and O–H groups in total. The third-order valence-corrected chi connectivity index (χ3v) is 4.04. The van der Waals surface area contributed by atoms with E-state index >= 15 is 0 Å². The normalized spacial score (nSPS) is 12.4. The molecule has 0 amide bonds. The van der Waals surface area contributed by atoms with Crippen LogP contribution in [0.25, 0.3) is 10.8 Å². The van der Waals surface area contributed by atoms with E-state index in [9.17, 15) is 31.7 Å². The summed E-state index contributed by atoms with van der Waals surface area (Å²) in [6.45, 7) is 0. The van der Waals surface area contributed by atoms with Crippen LogP contribution in [-0.4, -0.2) is 18.8 Å². The molecule has 22 heavy (non-hydrogen) atoms. The summed E-state index contributed by atoms with van der Waals surface area (Å²) in [6.07, 6.45) is 0. The number of hydrogen-bond donors (Lipinski definition) is 0. The number of alkyl halides is 3. The molecular weight excluding hydrogens is 395 g/mol. The Bertz CT molecular complexity index is 866. The van der Waals surface area contributed by atoms with Crippen LogP contribution < -0.4 is 4.18 Å². The topological polar surface area (TPSA) is 86.5 Å². The Morgan fingerprint density at radius 3 is 2.32 bits per heavy atom. The van der Waals surface area contributed by atoms with Gasteiger partial charge < -0.3 is 4.18 Å².